The van der Waals surface area contributed by atoms with E-state index in [4.69, 9.17) is 4.74 Å². The maximum atomic E-state index is 11.6. The first-order valence-electron chi connectivity index (χ1n) is 8.00. The van der Waals surface area contributed by atoms with Gasteiger partial charge in [0.05, 0.1) is 19.7 Å². The molecule has 23 heavy (non-hydrogen) atoms. The number of rotatable bonds is 6. The zero-order valence-electron chi connectivity index (χ0n) is 14.5. The summed E-state index contributed by atoms with van der Waals surface area (Å²) in [5.41, 5.74) is 2.28. The number of epoxide rings is 1. The minimum atomic E-state index is -0.729. The second-order valence-corrected chi connectivity index (χ2v) is 8.32. The molecule has 2 aliphatic heterocycles. The largest absolute Gasteiger partial charge is 0.362 e. The number of ether oxygens (including phenoxy) is 1. The van der Waals surface area contributed by atoms with Crippen LogP contribution < -0.4 is 10.7 Å². The van der Waals surface area contributed by atoms with Gasteiger partial charge in [-0.15, -0.1) is 0 Å². The summed E-state index contributed by atoms with van der Waals surface area (Å²) in [5.74, 6) is 1.75. The standard InChI is InChI=1S/C11H19N3O4S.C4H10/c1-11(8-18-11)9(15)6-12-10(16)7-13-14-2-4-19(17)5-3-14;1-4(2)3/h13H,2-8H2,1H3,(H,12,16);4H,1-3H3/t11-;/m1./s1. The molecular formula is C15H29N3O4S. The van der Waals surface area contributed by atoms with Crippen LogP contribution >= 0.6 is 0 Å². The van der Waals surface area contributed by atoms with Gasteiger partial charge in [-0.2, -0.15) is 0 Å². The Hall–Kier alpha value is -0.830. The molecule has 134 valence electrons. The van der Waals surface area contributed by atoms with Crippen LogP contribution in [-0.2, 0) is 25.1 Å². The van der Waals surface area contributed by atoms with Gasteiger partial charge < -0.3 is 10.1 Å². The summed E-state index contributed by atoms with van der Waals surface area (Å²) in [5, 5.41) is 4.44. The Bertz CT molecular complexity index is 426. The Morgan fingerprint density at radius 1 is 1.22 bits per heavy atom. The van der Waals surface area contributed by atoms with Gasteiger partial charge >= 0.3 is 0 Å². The zero-order valence-corrected chi connectivity index (χ0v) is 15.3. The van der Waals surface area contributed by atoms with Crippen molar-refractivity contribution in [2.75, 3.05) is 44.3 Å². The molecule has 8 heteroatoms. The van der Waals surface area contributed by atoms with Crippen molar-refractivity contribution in [1.82, 2.24) is 15.8 Å². The average molecular weight is 347 g/mol. The van der Waals surface area contributed by atoms with Gasteiger partial charge in [-0.25, -0.2) is 10.4 Å². The highest BCUT2D eigenvalue weighted by Crippen LogP contribution is 2.26. The fraction of sp³-hybridized carbons (Fsp3) is 0.867. The molecule has 0 spiro atoms. The maximum Gasteiger partial charge on any atom is 0.235 e. The number of Topliss-reactive ketones (excluding diaryl/α,β-unsaturated/α-hetero) is 1. The van der Waals surface area contributed by atoms with Crippen LogP contribution in [0.4, 0.5) is 0 Å². The Kier molecular flexibility index (Phi) is 8.32. The number of hydrogen-bond acceptors (Lipinski definition) is 6. The molecule has 2 aliphatic rings. The molecule has 2 heterocycles. The van der Waals surface area contributed by atoms with Gasteiger partial charge in [0.1, 0.15) is 5.60 Å². The van der Waals surface area contributed by atoms with Crippen LogP contribution in [0, 0.1) is 5.92 Å². The van der Waals surface area contributed by atoms with E-state index in [9.17, 15) is 13.8 Å². The minimum Gasteiger partial charge on any atom is -0.362 e. The van der Waals surface area contributed by atoms with Gasteiger partial charge in [0.15, 0.2) is 5.78 Å². The molecule has 0 radical (unpaired) electrons. The lowest BCUT2D eigenvalue weighted by molar-refractivity contribution is -0.127. The molecule has 0 unspecified atom stereocenters. The predicted octanol–water partition coefficient (Wildman–Crippen LogP) is -0.308. The molecule has 2 fully saturated rings. The summed E-state index contributed by atoms with van der Waals surface area (Å²) in [6.45, 7) is 10.1. The summed E-state index contributed by atoms with van der Waals surface area (Å²) in [6.07, 6.45) is 0. The van der Waals surface area contributed by atoms with E-state index >= 15 is 0 Å². The number of carbonyl (C=O) groups excluding carboxylic acids is 2. The first kappa shape index (κ1) is 20.2. The fourth-order valence-electron chi connectivity index (χ4n) is 1.68. The highest BCUT2D eigenvalue weighted by Gasteiger charge is 2.46. The molecule has 0 aromatic rings. The van der Waals surface area contributed by atoms with Crippen molar-refractivity contribution < 1.29 is 18.5 Å². The predicted molar refractivity (Wildman–Crippen MR) is 90.3 cm³/mol. The molecule has 0 aromatic carbocycles. The first-order chi connectivity index (χ1) is 10.7. The van der Waals surface area contributed by atoms with E-state index < -0.39 is 16.4 Å². The highest BCUT2D eigenvalue weighted by atomic mass is 32.2. The molecule has 0 saturated carbocycles. The number of amides is 1. The fourth-order valence-corrected chi connectivity index (χ4v) is 2.73. The Morgan fingerprint density at radius 3 is 2.22 bits per heavy atom. The summed E-state index contributed by atoms with van der Waals surface area (Å²) in [4.78, 5) is 23.1. The van der Waals surface area contributed by atoms with E-state index in [0.29, 0.717) is 31.2 Å². The third-order valence-electron chi connectivity index (χ3n) is 3.25. The topological polar surface area (TPSA) is 91.0 Å². The monoisotopic (exact) mass is 347 g/mol. The molecule has 7 nitrogen and oxygen atoms in total. The van der Waals surface area contributed by atoms with E-state index in [2.05, 4.69) is 31.5 Å². The van der Waals surface area contributed by atoms with Crippen molar-refractivity contribution in [1.29, 1.82) is 0 Å². The number of hydrogen-bond donors (Lipinski definition) is 2. The summed E-state index contributed by atoms with van der Waals surface area (Å²) >= 11 is 0. The molecule has 0 aromatic heterocycles. The van der Waals surface area contributed by atoms with Gasteiger partial charge in [-0.05, 0) is 12.8 Å². The van der Waals surface area contributed by atoms with Crippen LogP contribution in [0.3, 0.4) is 0 Å². The van der Waals surface area contributed by atoms with Crippen molar-refractivity contribution in [2.24, 2.45) is 5.92 Å². The number of hydrazine groups is 1. The molecule has 0 bridgehead atoms. The second-order valence-electron chi connectivity index (χ2n) is 6.62. The first-order valence-corrected chi connectivity index (χ1v) is 9.49. The lowest BCUT2D eigenvalue weighted by Crippen LogP contribution is -2.50. The molecule has 2 rings (SSSR count). The van der Waals surface area contributed by atoms with Gasteiger partial charge in [0.25, 0.3) is 0 Å². The molecule has 2 saturated heterocycles. The van der Waals surface area contributed by atoms with Crippen molar-refractivity contribution >= 4 is 22.5 Å². The van der Waals surface area contributed by atoms with Crippen molar-refractivity contribution in [3.05, 3.63) is 0 Å². The van der Waals surface area contributed by atoms with Crippen LogP contribution in [0.15, 0.2) is 0 Å². The van der Waals surface area contributed by atoms with Crippen molar-refractivity contribution in [2.45, 2.75) is 33.3 Å². The summed E-state index contributed by atoms with van der Waals surface area (Å²) < 4.78 is 16.2. The molecule has 1 atom stereocenters. The van der Waals surface area contributed by atoms with Crippen LogP contribution in [-0.4, -0.2) is 70.8 Å². The quantitative estimate of drug-likeness (QED) is 0.641. The molecule has 1 amide bonds. The van der Waals surface area contributed by atoms with E-state index in [0.717, 1.165) is 5.92 Å². The Balaban J connectivity index is 0.000000593. The summed E-state index contributed by atoms with van der Waals surface area (Å²) in [6, 6.07) is 0. The van der Waals surface area contributed by atoms with Crippen LogP contribution in [0.25, 0.3) is 0 Å². The third-order valence-corrected chi connectivity index (χ3v) is 4.53. The lowest BCUT2D eigenvalue weighted by atomic mass is 10.1. The van der Waals surface area contributed by atoms with E-state index in [-0.39, 0.29) is 24.8 Å². The number of ketones is 1. The molecule has 0 aliphatic carbocycles. The van der Waals surface area contributed by atoms with Crippen molar-refractivity contribution in [3.8, 4) is 0 Å². The highest BCUT2D eigenvalue weighted by molar-refractivity contribution is 7.85. The van der Waals surface area contributed by atoms with Crippen LogP contribution in [0.5, 0.6) is 0 Å². The van der Waals surface area contributed by atoms with E-state index in [1.54, 1.807) is 6.92 Å². The number of nitrogens with one attached hydrogen (secondary N) is 2. The Morgan fingerprint density at radius 2 is 1.74 bits per heavy atom. The van der Waals surface area contributed by atoms with Crippen LogP contribution in [0.1, 0.15) is 27.7 Å². The number of carbonyl (C=O) groups is 2. The van der Waals surface area contributed by atoms with E-state index in [1.807, 2.05) is 5.01 Å². The third kappa shape index (κ3) is 8.55. The second kappa shape index (κ2) is 9.46. The minimum absolute atomic E-state index is 0.00102. The Labute approximate surface area is 140 Å². The van der Waals surface area contributed by atoms with Gasteiger partial charge in [-0.1, -0.05) is 20.8 Å². The average Bonchev–Trinajstić information content (AvgIpc) is 3.23. The molecule has 2 N–H and O–H groups in total. The van der Waals surface area contributed by atoms with Crippen molar-refractivity contribution in [3.63, 3.8) is 0 Å². The normalized spacial score (nSPS) is 24.7. The van der Waals surface area contributed by atoms with Gasteiger partial charge in [0, 0.05) is 35.4 Å². The van der Waals surface area contributed by atoms with E-state index in [1.165, 1.54) is 0 Å². The smallest absolute Gasteiger partial charge is 0.235 e. The van der Waals surface area contributed by atoms with Gasteiger partial charge in [0.2, 0.25) is 5.91 Å². The SMILES string of the molecule is CC(C)C.C[C@]1(C(=O)CNC(=O)CNN2CCS(=O)CC2)CO1. The maximum absolute atomic E-state index is 11.6. The van der Waals surface area contributed by atoms with Gasteiger partial charge in [-0.3, -0.25) is 13.8 Å². The van der Waals surface area contributed by atoms with Crippen LogP contribution in [0.2, 0.25) is 0 Å². The zero-order chi connectivity index (χ0) is 17.5. The summed E-state index contributed by atoms with van der Waals surface area (Å²) in [7, 11) is -0.729. The molecular weight excluding hydrogens is 318 g/mol. The lowest BCUT2D eigenvalue weighted by Gasteiger charge is -2.26. The number of nitrogens with zero attached hydrogens (tertiary/aromatic N) is 1.